The number of carbonyl (C=O) groups excluding carboxylic acids is 1. The highest BCUT2D eigenvalue weighted by Gasteiger charge is 2.32. The number of nitrogens with one attached hydrogen (secondary N) is 1. The second kappa shape index (κ2) is 7.96. The third-order valence-corrected chi connectivity index (χ3v) is 6.35. The molecule has 2 saturated heterocycles. The first-order valence-electron chi connectivity index (χ1n) is 10.5. The Labute approximate surface area is 168 Å². The lowest BCUT2D eigenvalue weighted by atomic mass is 10.1. The summed E-state index contributed by atoms with van der Waals surface area (Å²) in [6, 6.07) is 15.6. The van der Waals surface area contributed by atoms with Crippen LogP contribution in [0.2, 0.25) is 0 Å². The van der Waals surface area contributed by atoms with E-state index in [2.05, 4.69) is 34.2 Å². The standard InChI is InChI=1S/C24H31N3O/c1-17-6-11-23(18(2)15-17)24(28)25-20-7-9-21(10-8-20)26-14-12-22(16-26)27-13-4-5-19(27)3/h6-11,15,19,22H,4-5,12-14,16H2,1-3H3,(H,25,28). The lowest BCUT2D eigenvalue weighted by Gasteiger charge is -2.28. The summed E-state index contributed by atoms with van der Waals surface area (Å²) in [5.74, 6) is -0.0468. The Bertz CT molecular complexity index is 845. The highest BCUT2D eigenvalue weighted by Crippen LogP contribution is 2.29. The minimum atomic E-state index is -0.0468. The van der Waals surface area contributed by atoms with Crippen LogP contribution in [0, 0.1) is 13.8 Å². The fourth-order valence-corrected chi connectivity index (χ4v) is 4.77. The second-order valence-corrected chi connectivity index (χ2v) is 8.44. The molecule has 2 aromatic carbocycles. The van der Waals surface area contributed by atoms with Crippen LogP contribution in [-0.4, -0.2) is 42.5 Å². The maximum absolute atomic E-state index is 12.6. The number of nitrogens with zero attached hydrogens (tertiary/aromatic N) is 2. The maximum atomic E-state index is 12.6. The van der Waals surface area contributed by atoms with E-state index in [4.69, 9.17) is 0 Å². The lowest BCUT2D eigenvalue weighted by molar-refractivity contribution is 0.102. The predicted octanol–water partition coefficient (Wildman–Crippen LogP) is 4.62. The van der Waals surface area contributed by atoms with Crippen molar-refractivity contribution in [2.24, 2.45) is 0 Å². The second-order valence-electron chi connectivity index (χ2n) is 8.44. The van der Waals surface area contributed by atoms with E-state index in [1.54, 1.807) is 0 Å². The van der Waals surface area contributed by atoms with Crippen LogP contribution < -0.4 is 10.2 Å². The largest absolute Gasteiger partial charge is 0.370 e. The van der Waals surface area contributed by atoms with Crippen molar-refractivity contribution in [3.8, 4) is 0 Å². The highest BCUT2D eigenvalue weighted by molar-refractivity contribution is 6.05. The summed E-state index contributed by atoms with van der Waals surface area (Å²) in [5, 5.41) is 3.03. The molecule has 148 valence electrons. The van der Waals surface area contributed by atoms with Gasteiger partial charge in [-0.15, -0.1) is 0 Å². The Balaban J connectivity index is 1.38. The van der Waals surface area contributed by atoms with E-state index >= 15 is 0 Å². The van der Waals surface area contributed by atoms with Crippen molar-refractivity contribution in [3.05, 3.63) is 59.2 Å². The lowest BCUT2D eigenvalue weighted by Crippen LogP contribution is -2.39. The van der Waals surface area contributed by atoms with Gasteiger partial charge in [-0.25, -0.2) is 0 Å². The van der Waals surface area contributed by atoms with Gasteiger partial charge in [0.05, 0.1) is 0 Å². The number of benzene rings is 2. The molecule has 0 aromatic heterocycles. The molecule has 4 nitrogen and oxygen atoms in total. The Morgan fingerprint density at radius 3 is 2.50 bits per heavy atom. The van der Waals surface area contributed by atoms with Crippen LogP contribution in [-0.2, 0) is 0 Å². The number of aryl methyl sites for hydroxylation is 2. The van der Waals surface area contributed by atoms with Gasteiger partial charge in [0.2, 0.25) is 0 Å². The summed E-state index contributed by atoms with van der Waals surface area (Å²) in [6.07, 6.45) is 3.92. The van der Waals surface area contributed by atoms with Gasteiger partial charge in [-0.05, 0) is 82.5 Å². The van der Waals surface area contributed by atoms with E-state index in [9.17, 15) is 4.79 Å². The number of anilines is 2. The average molecular weight is 378 g/mol. The van der Waals surface area contributed by atoms with E-state index in [0.717, 1.165) is 35.9 Å². The van der Waals surface area contributed by atoms with Crippen molar-refractivity contribution in [2.45, 2.75) is 52.1 Å². The summed E-state index contributed by atoms with van der Waals surface area (Å²) >= 11 is 0. The maximum Gasteiger partial charge on any atom is 0.255 e. The number of carbonyl (C=O) groups is 1. The van der Waals surface area contributed by atoms with Crippen LogP contribution in [0.5, 0.6) is 0 Å². The Morgan fingerprint density at radius 2 is 1.82 bits per heavy atom. The number of hydrogen-bond acceptors (Lipinski definition) is 3. The first-order chi connectivity index (χ1) is 13.5. The van der Waals surface area contributed by atoms with Crippen LogP contribution >= 0.6 is 0 Å². The fourth-order valence-electron chi connectivity index (χ4n) is 4.77. The number of likely N-dealkylation sites (tertiary alicyclic amines) is 1. The molecule has 2 aliphatic heterocycles. The van der Waals surface area contributed by atoms with Gasteiger partial charge in [-0.3, -0.25) is 9.69 Å². The first kappa shape index (κ1) is 19.0. The van der Waals surface area contributed by atoms with Crippen molar-refractivity contribution >= 4 is 17.3 Å². The normalized spacial score (nSPS) is 22.6. The minimum absolute atomic E-state index is 0.0468. The zero-order valence-electron chi connectivity index (χ0n) is 17.2. The molecule has 1 amide bonds. The molecule has 4 heteroatoms. The summed E-state index contributed by atoms with van der Waals surface area (Å²) in [6.45, 7) is 9.86. The first-order valence-corrected chi connectivity index (χ1v) is 10.5. The molecule has 0 bridgehead atoms. The topological polar surface area (TPSA) is 35.6 Å². The zero-order valence-corrected chi connectivity index (χ0v) is 17.2. The molecule has 0 radical (unpaired) electrons. The number of hydrogen-bond donors (Lipinski definition) is 1. The molecule has 0 saturated carbocycles. The van der Waals surface area contributed by atoms with E-state index in [1.165, 1.54) is 37.1 Å². The van der Waals surface area contributed by atoms with Gasteiger partial charge in [0.25, 0.3) is 5.91 Å². The average Bonchev–Trinajstić information content (AvgIpc) is 3.31. The fraction of sp³-hybridized carbons (Fsp3) is 0.458. The summed E-state index contributed by atoms with van der Waals surface area (Å²) in [7, 11) is 0. The van der Waals surface area contributed by atoms with Crippen LogP contribution in [0.4, 0.5) is 11.4 Å². The molecule has 1 N–H and O–H groups in total. The quantitative estimate of drug-likeness (QED) is 0.844. The molecule has 2 fully saturated rings. The van der Waals surface area contributed by atoms with E-state index in [1.807, 2.05) is 44.2 Å². The Kier molecular flexibility index (Phi) is 5.40. The Hall–Kier alpha value is -2.33. The number of rotatable bonds is 4. The van der Waals surface area contributed by atoms with Crippen LogP contribution in [0.25, 0.3) is 0 Å². The molecule has 2 heterocycles. The smallest absolute Gasteiger partial charge is 0.255 e. The van der Waals surface area contributed by atoms with Gasteiger partial charge in [0.1, 0.15) is 0 Å². The van der Waals surface area contributed by atoms with Gasteiger partial charge < -0.3 is 10.2 Å². The third-order valence-electron chi connectivity index (χ3n) is 6.35. The SMILES string of the molecule is Cc1ccc(C(=O)Nc2ccc(N3CCC(N4CCCC4C)C3)cc2)c(C)c1. The zero-order chi connectivity index (χ0) is 19.7. The van der Waals surface area contributed by atoms with Crippen molar-refractivity contribution in [3.63, 3.8) is 0 Å². The van der Waals surface area contributed by atoms with Gasteiger partial charge in [0, 0.05) is 42.1 Å². The Morgan fingerprint density at radius 1 is 1.04 bits per heavy atom. The monoisotopic (exact) mass is 377 g/mol. The summed E-state index contributed by atoms with van der Waals surface area (Å²) in [4.78, 5) is 17.8. The number of amides is 1. The van der Waals surface area contributed by atoms with Crippen molar-refractivity contribution in [1.29, 1.82) is 0 Å². The van der Waals surface area contributed by atoms with Crippen LogP contribution in [0.3, 0.4) is 0 Å². The van der Waals surface area contributed by atoms with Gasteiger partial charge in [-0.2, -0.15) is 0 Å². The molecular weight excluding hydrogens is 346 g/mol. The minimum Gasteiger partial charge on any atom is -0.370 e. The van der Waals surface area contributed by atoms with Gasteiger partial charge >= 0.3 is 0 Å². The van der Waals surface area contributed by atoms with E-state index in [-0.39, 0.29) is 5.91 Å². The van der Waals surface area contributed by atoms with Crippen LogP contribution in [0.15, 0.2) is 42.5 Å². The van der Waals surface area contributed by atoms with Crippen molar-refractivity contribution in [1.82, 2.24) is 4.90 Å². The molecule has 0 aliphatic carbocycles. The molecule has 2 unspecified atom stereocenters. The van der Waals surface area contributed by atoms with Crippen molar-refractivity contribution < 1.29 is 4.79 Å². The summed E-state index contributed by atoms with van der Waals surface area (Å²) in [5.41, 5.74) is 5.01. The third kappa shape index (κ3) is 3.93. The predicted molar refractivity (Wildman–Crippen MR) is 116 cm³/mol. The van der Waals surface area contributed by atoms with Gasteiger partial charge in [0.15, 0.2) is 0 Å². The van der Waals surface area contributed by atoms with Crippen LogP contribution in [0.1, 0.15) is 47.7 Å². The van der Waals surface area contributed by atoms with E-state index in [0.29, 0.717) is 6.04 Å². The highest BCUT2D eigenvalue weighted by atomic mass is 16.1. The van der Waals surface area contributed by atoms with Crippen molar-refractivity contribution in [2.75, 3.05) is 29.9 Å². The molecule has 4 rings (SSSR count). The molecule has 28 heavy (non-hydrogen) atoms. The molecule has 2 aliphatic rings. The molecular formula is C24H31N3O. The van der Waals surface area contributed by atoms with E-state index < -0.39 is 0 Å². The summed E-state index contributed by atoms with van der Waals surface area (Å²) < 4.78 is 0. The molecule has 2 aromatic rings. The van der Waals surface area contributed by atoms with Gasteiger partial charge in [-0.1, -0.05) is 17.7 Å². The molecule has 0 spiro atoms. The molecule has 2 atom stereocenters.